The first kappa shape index (κ1) is 29.4. The molecule has 0 heterocycles. The molecule has 40 heavy (non-hydrogen) atoms. The van der Waals surface area contributed by atoms with E-state index in [0.717, 1.165) is 5.56 Å². The van der Waals surface area contributed by atoms with Gasteiger partial charge in [0.25, 0.3) is 0 Å². The van der Waals surface area contributed by atoms with Crippen molar-refractivity contribution >= 4 is 35.5 Å². The molecule has 0 unspecified atom stereocenters. The van der Waals surface area contributed by atoms with Crippen molar-refractivity contribution in [1.29, 1.82) is 0 Å². The third-order valence-corrected chi connectivity index (χ3v) is 5.74. The summed E-state index contributed by atoms with van der Waals surface area (Å²) in [6, 6.07) is 11.5. The molecule has 3 rings (SSSR count). The summed E-state index contributed by atoms with van der Waals surface area (Å²) in [5.41, 5.74) is 2.10. The van der Waals surface area contributed by atoms with Gasteiger partial charge < -0.3 is 33.7 Å². The van der Waals surface area contributed by atoms with Gasteiger partial charge in [0.05, 0.1) is 53.3 Å². The molecular weight excluding hydrogens is 520 g/mol. The first-order valence-electron chi connectivity index (χ1n) is 11.8. The summed E-state index contributed by atoms with van der Waals surface area (Å²) in [6.07, 6.45) is 6.38. The number of carbonyl (C=O) groups is 1. The Kier molecular flexibility index (Phi) is 9.95. The Labute approximate surface area is 231 Å². The van der Waals surface area contributed by atoms with Gasteiger partial charge in [-0.05, 0) is 53.1 Å². The summed E-state index contributed by atoms with van der Waals surface area (Å²) in [4.78, 5) is 23.5. The summed E-state index contributed by atoms with van der Waals surface area (Å²) in [6.45, 7) is 0. The molecule has 0 fully saturated rings. The maximum Gasteiger partial charge on any atom is 0.311 e. The monoisotopic (exact) mass is 550 g/mol. The van der Waals surface area contributed by atoms with Gasteiger partial charge >= 0.3 is 5.69 Å². The molecule has 210 valence electrons. The van der Waals surface area contributed by atoms with Crippen molar-refractivity contribution in [1.82, 2.24) is 0 Å². The van der Waals surface area contributed by atoms with Gasteiger partial charge in [-0.15, -0.1) is 0 Å². The van der Waals surface area contributed by atoms with Crippen LogP contribution >= 0.6 is 0 Å². The molecule has 0 saturated heterocycles. The predicted octanol–water partition coefficient (Wildman–Crippen LogP) is 5.47. The molecule has 11 nitrogen and oxygen atoms in total. The number of ether oxygens (including phenoxy) is 6. The summed E-state index contributed by atoms with van der Waals surface area (Å²) >= 11 is 0. The van der Waals surface area contributed by atoms with Crippen molar-refractivity contribution in [2.24, 2.45) is 0 Å². The third-order valence-electron chi connectivity index (χ3n) is 5.74. The van der Waals surface area contributed by atoms with Gasteiger partial charge in [-0.1, -0.05) is 18.2 Å². The van der Waals surface area contributed by atoms with Gasteiger partial charge in [0.15, 0.2) is 28.7 Å². The SMILES string of the molecule is COc1ccc(/C=C/C(=O)Nc2cc(C=Cc3cc(OC)c(OC)c(OC)c3)cc(OC)c2OC)cc1[N+](=O)[O-]. The van der Waals surface area contributed by atoms with E-state index in [4.69, 9.17) is 28.4 Å². The van der Waals surface area contributed by atoms with Crippen molar-refractivity contribution in [2.45, 2.75) is 0 Å². The third kappa shape index (κ3) is 6.81. The molecular formula is C29H30N2O9. The van der Waals surface area contributed by atoms with E-state index in [1.807, 2.05) is 12.2 Å². The number of nitrogens with one attached hydrogen (secondary N) is 1. The Morgan fingerprint density at radius 2 is 1.20 bits per heavy atom. The van der Waals surface area contributed by atoms with Gasteiger partial charge in [-0.25, -0.2) is 0 Å². The second kappa shape index (κ2) is 13.6. The number of anilines is 1. The van der Waals surface area contributed by atoms with Crippen molar-refractivity contribution in [3.05, 3.63) is 75.3 Å². The highest BCUT2D eigenvalue weighted by Crippen LogP contribution is 2.40. The van der Waals surface area contributed by atoms with Crippen LogP contribution in [0.5, 0.6) is 34.5 Å². The second-order valence-electron chi connectivity index (χ2n) is 8.11. The molecule has 0 bridgehead atoms. The van der Waals surface area contributed by atoms with Crippen LogP contribution in [0.25, 0.3) is 18.2 Å². The van der Waals surface area contributed by atoms with Crippen molar-refractivity contribution in [3.63, 3.8) is 0 Å². The average molecular weight is 551 g/mol. The molecule has 11 heteroatoms. The standard InChI is InChI=1S/C29H30N2O9/c1-35-23-11-9-18(14-22(23)31(33)34)10-12-27(32)30-21-13-19(15-24(36-2)28(21)39-5)7-8-20-16-25(37-3)29(40-6)26(17-20)38-4/h7-17H,1-6H3,(H,30,32)/b8-7?,12-10+. The fourth-order valence-corrected chi connectivity index (χ4v) is 3.86. The van der Waals surface area contributed by atoms with Gasteiger partial charge in [0, 0.05) is 12.1 Å². The maximum absolute atomic E-state index is 12.8. The lowest BCUT2D eigenvalue weighted by Crippen LogP contribution is -2.09. The fourth-order valence-electron chi connectivity index (χ4n) is 3.86. The highest BCUT2D eigenvalue weighted by Gasteiger charge is 2.16. The molecule has 0 aromatic heterocycles. The van der Waals surface area contributed by atoms with Crippen LogP contribution in [0, 0.1) is 10.1 Å². The Bertz CT molecular complexity index is 1420. The van der Waals surface area contributed by atoms with E-state index in [1.165, 1.54) is 52.7 Å². The highest BCUT2D eigenvalue weighted by atomic mass is 16.6. The first-order valence-corrected chi connectivity index (χ1v) is 11.8. The Morgan fingerprint density at radius 3 is 1.70 bits per heavy atom. The summed E-state index contributed by atoms with van der Waals surface area (Å²) < 4.78 is 32.2. The zero-order chi connectivity index (χ0) is 29.2. The highest BCUT2D eigenvalue weighted by molar-refractivity contribution is 6.03. The van der Waals surface area contributed by atoms with Gasteiger partial charge in [-0.2, -0.15) is 0 Å². The van der Waals surface area contributed by atoms with Gasteiger partial charge in [0.2, 0.25) is 11.7 Å². The number of rotatable bonds is 12. The van der Waals surface area contributed by atoms with E-state index in [0.29, 0.717) is 45.6 Å². The van der Waals surface area contributed by atoms with Gasteiger partial charge in [0.1, 0.15) is 0 Å². The van der Waals surface area contributed by atoms with E-state index in [2.05, 4.69) is 5.32 Å². The van der Waals surface area contributed by atoms with E-state index in [1.54, 1.807) is 44.6 Å². The van der Waals surface area contributed by atoms with Crippen LogP contribution in [0.4, 0.5) is 11.4 Å². The Hall–Kier alpha value is -5.19. The van der Waals surface area contributed by atoms with Crippen LogP contribution in [-0.4, -0.2) is 53.5 Å². The normalized spacial score (nSPS) is 10.8. The van der Waals surface area contributed by atoms with Crippen LogP contribution in [0.15, 0.2) is 48.5 Å². The molecule has 1 N–H and O–H groups in total. The summed E-state index contributed by atoms with van der Waals surface area (Å²) in [5, 5.41) is 14.1. The fraction of sp³-hybridized carbons (Fsp3) is 0.207. The summed E-state index contributed by atoms with van der Waals surface area (Å²) in [7, 11) is 8.92. The maximum atomic E-state index is 12.8. The minimum Gasteiger partial charge on any atom is -0.493 e. The predicted molar refractivity (Wildman–Crippen MR) is 152 cm³/mol. The number of amides is 1. The number of nitro groups is 1. The molecule has 0 aliphatic rings. The lowest BCUT2D eigenvalue weighted by atomic mass is 10.1. The zero-order valence-corrected chi connectivity index (χ0v) is 23.0. The number of nitrogens with zero attached hydrogens (tertiary/aromatic N) is 1. The Morgan fingerprint density at radius 1 is 0.675 bits per heavy atom. The number of methoxy groups -OCH3 is 6. The van der Waals surface area contributed by atoms with Crippen LogP contribution in [0.1, 0.15) is 16.7 Å². The molecule has 0 saturated carbocycles. The van der Waals surface area contributed by atoms with E-state index in [9.17, 15) is 14.9 Å². The molecule has 3 aromatic rings. The number of benzene rings is 3. The number of carbonyl (C=O) groups excluding carboxylic acids is 1. The van der Waals surface area contributed by atoms with Gasteiger partial charge in [-0.3, -0.25) is 14.9 Å². The molecule has 0 aliphatic heterocycles. The minimum absolute atomic E-state index is 0.125. The molecule has 3 aromatic carbocycles. The summed E-state index contributed by atoms with van der Waals surface area (Å²) in [5.74, 6) is 1.88. The second-order valence-corrected chi connectivity index (χ2v) is 8.11. The van der Waals surface area contributed by atoms with Crippen molar-refractivity contribution < 1.29 is 38.1 Å². The lowest BCUT2D eigenvalue weighted by Gasteiger charge is -2.14. The number of hydrogen-bond donors (Lipinski definition) is 1. The zero-order valence-electron chi connectivity index (χ0n) is 23.0. The quantitative estimate of drug-likeness (QED) is 0.135. The van der Waals surface area contributed by atoms with E-state index < -0.39 is 10.8 Å². The van der Waals surface area contributed by atoms with Crippen LogP contribution in [0.3, 0.4) is 0 Å². The molecule has 0 radical (unpaired) electrons. The van der Waals surface area contributed by atoms with Crippen LogP contribution in [-0.2, 0) is 4.79 Å². The smallest absolute Gasteiger partial charge is 0.311 e. The van der Waals surface area contributed by atoms with Crippen molar-refractivity contribution in [2.75, 3.05) is 48.0 Å². The molecule has 0 spiro atoms. The number of hydrogen-bond acceptors (Lipinski definition) is 9. The minimum atomic E-state index is -0.551. The molecule has 0 aliphatic carbocycles. The lowest BCUT2D eigenvalue weighted by molar-refractivity contribution is -0.385. The van der Waals surface area contributed by atoms with Crippen LogP contribution < -0.4 is 33.7 Å². The average Bonchev–Trinajstić information content (AvgIpc) is 2.97. The largest absolute Gasteiger partial charge is 0.493 e. The Balaban J connectivity index is 1.90. The first-order chi connectivity index (χ1) is 19.3. The topological polar surface area (TPSA) is 128 Å². The molecule has 0 atom stereocenters. The van der Waals surface area contributed by atoms with E-state index >= 15 is 0 Å². The van der Waals surface area contributed by atoms with E-state index in [-0.39, 0.29) is 11.4 Å². The molecule has 1 amide bonds. The van der Waals surface area contributed by atoms with Crippen molar-refractivity contribution in [3.8, 4) is 34.5 Å². The van der Waals surface area contributed by atoms with Crippen LogP contribution in [0.2, 0.25) is 0 Å². The number of nitro benzene ring substituents is 1.